The van der Waals surface area contributed by atoms with Crippen molar-refractivity contribution in [3.05, 3.63) is 64.1 Å². The van der Waals surface area contributed by atoms with Crippen molar-refractivity contribution in [2.24, 2.45) is 0 Å². The van der Waals surface area contributed by atoms with Gasteiger partial charge in [-0.15, -0.1) is 11.3 Å². The maximum Gasteiger partial charge on any atom is 0.276 e. The molecule has 1 unspecified atom stereocenters. The van der Waals surface area contributed by atoms with E-state index in [1.165, 1.54) is 4.68 Å². The van der Waals surface area contributed by atoms with Crippen LogP contribution in [0.4, 0.5) is 0 Å². The van der Waals surface area contributed by atoms with Crippen molar-refractivity contribution in [1.29, 1.82) is 0 Å². The number of ether oxygens (including phenoxy) is 2. The van der Waals surface area contributed by atoms with Gasteiger partial charge >= 0.3 is 0 Å². The molecule has 0 radical (unpaired) electrons. The first kappa shape index (κ1) is 21.8. The molecular weight excluding hydrogens is 426 g/mol. The second kappa shape index (κ2) is 9.00. The largest absolute Gasteiger partial charge is 0.497 e. The quantitative estimate of drug-likeness (QED) is 0.455. The topological polar surface area (TPSA) is 82.4 Å². The Balaban J connectivity index is 1.68. The first-order valence-corrected chi connectivity index (χ1v) is 11.2. The van der Waals surface area contributed by atoms with Gasteiger partial charge in [0.2, 0.25) is 5.91 Å². The van der Waals surface area contributed by atoms with Gasteiger partial charge in [-0.1, -0.05) is 25.1 Å². The van der Waals surface area contributed by atoms with Crippen molar-refractivity contribution in [2.75, 3.05) is 14.2 Å². The fourth-order valence-corrected chi connectivity index (χ4v) is 5.01. The van der Waals surface area contributed by atoms with Gasteiger partial charge in [-0.05, 0) is 37.6 Å². The van der Waals surface area contributed by atoms with E-state index in [4.69, 9.17) is 9.47 Å². The Kier molecular flexibility index (Phi) is 6.14. The average molecular weight is 452 g/mol. The molecule has 166 valence electrons. The van der Waals surface area contributed by atoms with E-state index < -0.39 is 6.04 Å². The van der Waals surface area contributed by atoms with Gasteiger partial charge in [-0.3, -0.25) is 9.59 Å². The Hall–Kier alpha value is -3.39. The van der Waals surface area contributed by atoms with Gasteiger partial charge in [0.05, 0.1) is 30.0 Å². The van der Waals surface area contributed by atoms with Crippen molar-refractivity contribution < 1.29 is 14.3 Å². The van der Waals surface area contributed by atoms with Gasteiger partial charge in [-0.2, -0.15) is 5.10 Å². The molecule has 0 aliphatic rings. The molecule has 8 heteroatoms. The van der Waals surface area contributed by atoms with Gasteiger partial charge < -0.3 is 14.8 Å². The van der Waals surface area contributed by atoms with Gasteiger partial charge in [-0.25, -0.2) is 4.68 Å². The molecule has 0 spiro atoms. The van der Waals surface area contributed by atoms with Gasteiger partial charge in [0.25, 0.3) is 5.56 Å². The third-order valence-electron chi connectivity index (χ3n) is 5.53. The first-order valence-electron chi connectivity index (χ1n) is 10.4. The lowest BCUT2D eigenvalue weighted by Gasteiger charge is -2.18. The Morgan fingerprint density at radius 2 is 1.97 bits per heavy atom. The number of aryl methyl sites for hydroxylation is 1. The zero-order valence-corrected chi connectivity index (χ0v) is 19.3. The van der Waals surface area contributed by atoms with E-state index in [0.717, 1.165) is 26.0 Å². The number of nitrogens with one attached hydrogen (secondary N) is 1. The summed E-state index contributed by atoms with van der Waals surface area (Å²) in [6, 6.07) is 12.5. The SMILES string of the molecule is CCC(C(=O)NCc1cc(OC)ccc1OC)n1nc(C)c2sc3ccccc3c2c1=O. The minimum Gasteiger partial charge on any atom is -0.497 e. The molecule has 1 N–H and O–H groups in total. The second-order valence-electron chi connectivity index (χ2n) is 7.46. The molecule has 0 saturated heterocycles. The first-order chi connectivity index (χ1) is 15.5. The molecule has 1 atom stereocenters. The van der Waals surface area contributed by atoms with Crippen LogP contribution in [0.25, 0.3) is 20.2 Å². The van der Waals surface area contributed by atoms with Gasteiger partial charge in [0.1, 0.15) is 17.5 Å². The van der Waals surface area contributed by atoms with E-state index in [1.54, 1.807) is 37.7 Å². The van der Waals surface area contributed by atoms with Crippen LogP contribution in [0.1, 0.15) is 30.6 Å². The van der Waals surface area contributed by atoms with E-state index in [-0.39, 0.29) is 18.0 Å². The molecule has 0 fully saturated rings. The molecule has 0 saturated carbocycles. The molecule has 0 aliphatic heterocycles. The van der Waals surface area contributed by atoms with Crippen molar-refractivity contribution >= 4 is 37.4 Å². The highest BCUT2D eigenvalue weighted by Crippen LogP contribution is 2.33. The molecule has 1 amide bonds. The van der Waals surface area contributed by atoms with Crippen LogP contribution in [0.3, 0.4) is 0 Å². The zero-order chi connectivity index (χ0) is 22.8. The number of thiophene rings is 1. The summed E-state index contributed by atoms with van der Waals surface area (Å²) in [5.74, 6) is 1.05. The summed E-state index contributed by atoms with van der Waals surface area (Å²) in [6.07, 6.45) is 0.432. The number of benzene rings is 2. The number of nitrogens with zero attached hydrogens (tertiary/aromatic N) is 2. The monoisotopic (exact) mass is 451 g/mol. The minimum absolute atomic E-state index is 0.243. The number of fused-ring (bicyclic) bond motifs is 3. The molecule has 2 aromatic carbocycles. The summed E-state index contributed by atoms with van der Waals surface area (Å²) in [7, 11) is 3.16. The van der Waals surface area contributed by atoms with E-state index in [2.05, 4.69) is 10.4 Å². The van der Waals surface area contributed by atoms with Crippen LogP contribution in [0, 0.1) is 6.92 Å². The Labute approximate surface area is 189 Å². The number of rotatable bonds is 7. The molecule has 4 rings (SSSR count). The molecule has 2 heterocycles. The van der Waals surface area contributed by atoms with E-state index in [1.807, 2.05) is 44.2 Å². The lowest BCUT2D eigenvalue weighted by atomic mass is 10.1. The predicted octanol–water partition coefficient (Wildman–Crippen LogP) is 4.20. The number of methoxy groups -OCH3 is 2. The van der Waals surface area contributed by atoms with Crippen LogP contribution >= 0.6 is 11.3 Å². The number of aromatic nitrogens is 2. The van der Waals surface area contributed by atoms with Crippen molar-refractivity contribution in [2.45, 2.75) is 32.9 Å². The van der Waals surface area contributed by atoms with Crippen molar-refractivity contribution in [3.8, 4) is 11.5 Å². The lowest BCUT2D eigenvalue weighted by molar-refractivity contribution is -0.125. The third-order valence-corrected chi connectivity index (χ3v) is 6.81. The summed E-state index contributed by atoms with van der Waals surface area (Å²) < 4.78 is 13.9. The van der Waals surface area contributed by atoms with Crippen LogP contribution in [0.2, 0.25) is 0 Å². The molecule has 4 aromatic rings. The number of hydrogen-bond donors (Lipinski definition) is 1. The highest BCUT2D eigenvalue weighted by molar-refractivity contribution is 7.26. The molecule has 7 nitrogen and oxygen atoms in total. The summed E-state index contributed by atoms with van der Waals surface area (Å²) in [4.78, 5) is 26.5. The Morgan fingerprint density at radius 3 is 2.69 bits per heavy atom. The molecule has 32 heavy (non-hydrogen) atoms. The van der Waals surface area contributed by atoms with Crippen LogP contribution in [0.5, 0.6) is 11.5 Å². The molecular formula is C24H25N3O4S. The standard InChI is InChI=1S/C24H25N3O4S/c1-5-18(23(28)25-13-15-12-16(30-3)10-11-19(15)31-4)27-24(29)21-17-8-6-7-9-20(17)32-22(21)14(2)26-27/h6-12,18H,5,13H2,1-4H3,(H,25,28). The average Bonchev–Trinajstić information content (AvgIpc) is 3.21. The molecule has 2 aromatic heterocycles. The second-order valence-corrected chi connectivity index (χ2v) is 8.51. The van der Waals surface area contributed by atoms with Crippen LogP contribution < -0.4 is 20.3 Å². The highest BCUT2D eigenvalue weighted by Gasteiger charge is 2.24. The van der Waals surface area contributed by atoms with E-state index in [0.29, 0.717) is 23.3 Å². The normalized spacial score (nSPS) is 12.1. The highest BCUT2D eigenvalue weighted by atomic mass is 32.1. The van der Waals surface area contributed by atoms with Crippen molar-refractivity contribution in [3.63, 3.8) is 0 Å². The smallest absolute Gasteiger partial charge is 0.276 e. The van der Waals surface area contributed by atoms with Crippen LogP contribution in [0.15, 0.2) is 47.3 Å². The number of hydrogen-bond acceptors (Lipinski definition) is 6. The maximum atomic E-state index is 13.4. The number of carbonyl (C=O) groups excluding carboxylic acids is 1. The predicted molar refractivity (Wildman–Crippen MR) is 127 cm³/mol. The van der Waals surface area contributed by atoms with Crippen LogP contribution in [-0.4, -0.2) is 29.9 Å². The Bertz CT molecular complexity index is 1360. The third kappa shape index (κ3) is 3.82. The maximum absolute atomic E-state index is 13.4. The summed E-state index contributed by atoms with van der Waals surface area (Å²) in [5.41, 5.74) is 1.27. The van der Waals surface area contributed by atoms with E-state index in [9.17, 15) is 9.59 Å². The summed E-state index contributed by atoms with van der Waals surface area (Å²) in [5, 5.41) is 8.96. The molecule has 0 aliphatic carbocycles. The van der Waals surface area contributed by atoms with Crippen LogP contribution in [-0.2, 0) is 11.3 Å². The summed E-state index contributed by atoms with van der Waals surface area (Å²) in [6.45, 7) is 3.99. The number of carbonyl (C=O) groups is 1. The fourth-order valence-electron chi connectivity index (χ4n) is 3.88. The lowest BCUT2D eigenvalue weighted by Crippen LogP contribution is -2.38. The zero-order valence-electron chi connectivity index (χ0n) is 18.5. The van der Waals surface area contributed by atoms with Crippen molar-refractivity contribution in [1.82, 2.24) is 15.1 Å². The molecule has 0 bridgehead atoms. The van der Waals surface area contributed by atoms with Gasteiger partial charge in [0, 0.05) is 22.2 Å². The Morgan fingerprint density at radius 1 is 1.19 bits per heavy atom. The minimum atomic E-state index is -0.721. The summed E-state index contributed by atoms with van der Waals surface area (Å²) >= 11 is 1.55. The van der Waals surface area contributed by atoms with Gasteiger partial charge in [0.15, 0.2) is 0 Å². The number of amides is 1. The van der Waals surface area contributed by atoms with E-state index >= 15 is 0 Å². The fraction of sp³-hybridized carbons (Fsp3) is 0.292.